The van der Waals surface area contributed by atoms with E-state index in [9.17, 15) is 4.79 Å². The highest BCUT2D eigenvalue weighted by Crippen LogP contribution is 2.22. The Balaban J connectivity index is 2.16. The van der Waals surface area contributed by atoms with E-state index >= 15 is 0 Å². The van der Waals surface area contributed by atoms with E-state index in [1.165, 1.54) is 6.20 Å². The van der Waals surface area contributed by atoms with Gasteiger partial charge in [-0.25, -0.2) is 4.98 Å². The number of rotatable bonds is 5. The van der Waals surface area contributed by atoms with Crippen LogP contribution in [0.2, 0.25) is 0 Å². The quantitative estimate of drug-likeness (QED) is 0.779. The lowest BCUT2D eigenvalue weighted by Gasteiger charge is -2.16. The Bertz CT molecular complexity index is 641. The van der Waals surface area contributed by atoms with E-state index < -0.39 is 5.91 Å². The summed E-state index contributed by atoms with van der Waals surface area (Å²) in [4.78, 5) is 15.4. The monoisotopic (exact) mass is 286 g/mol. The second-order valence-electron chi connectivity index (χ2n) is 4.66. The smallest absolute Gasteiger partial charge is 0.250 e. The van der Waals surface area contributed by atoms with Gasteiger partial charge in [0.2, 0.25) is 0 Å². The number of aromatic nitrogens is 1. The fourth-order valence-corrected chi connectivity index (χ4v) is 1.96. The van der Waals surface area contributed by atoms with Crippen molar-refractivity contribution in [1.82, 2.24) is 4.98 Å². The highest BCUT2D eigenvalue weighted by molar-refractivity contribution is 5.98. The Labute approximate surface area is 123 Å². The minimum Gasteiger partial charge on any atom is -0.497 e. The lowest BCUT2D eigenvalue weighted by molar-refractivity contribution is 0.100. The number of hydrogen-bond acceptors (Lipinski definition) is 5. The third-order valence-corrected chi connectivity index (χ3v) is 3.18. The molecule has 0 fully saturated rings. The Morgan fingerprint density at radius 3 is 2.57 bits per heavy atom. The van der Waals surface area contributed by atoms with Crippen LogP contribution in [0.15, 0.2) is 36.5 Å². The minimum absolute atomic E-state index is 0.00718. The van der Waals surface area contributed by atoms with Crippen LogP contribution in [0.1, 0.15) is 28.9 Å². The van der Waals surface area contributed by atoms with Crippen molar-refractivity contribution in [3.63, 3.8) is 0 Å². The number of carbonyl (C=O) groups excluding carboxylic acids is 1. The van der Waals surface area contributed by atoms with Gasteiger partial charge in [0.15, 0.2) is 0 Å². The summed E-state index contributed by atoms with van der Waals surface area (Å²) in [5.41, 5.74) is 12.5. The van der Waals surface area contributed by atoms with Crippen molar-refractivity contribution in [2.75, 3.05) is 18.2 Å². The van der Waals surface area contributed by atoms with Gasteiger partial charge in [0.05, 0.1) is 24.6 Å². The molecule has 0 saturated carbocycles. The van der Waals surface area contributed by atoms with Crippen LogP contribution in [-0.4, -0.2) is 18.0 Å². The summed E-state index contributed by atoms with van der Waals surface area (Å²) < 4.78 is 5.12. The summed E-state index contributed by atoms with van der Waals surface area (Å²) in [5, 5.41) is 3.20. The molecule has 5 N–H and O–H groups in total. The molecular weight excluding hydrogens is 268 g/mol. The Kier molecular flexibility index (Phi) is 4.27. The Morgan fingerprint density at radius 2 is 2.00 bits per heavy atom. The zero-order valence-corrected chi connectivity index (χ0v) is 12.0. The van der Waals surface area contributed by atoms with E-state index in [-0.39, 0.29) is 17.3 Å². The van der Waals surface area contributed by atoms with Crippen LogP contribution in [0, 0.1) is 0 Å². The number of nitrogens with two attached hydrogens (primary N) is 2. The summed E-state index contributed by atoms with van der Waals surface area (Å²) in [6, 6.07) is 9.26. The summed E-state index contributed by atoms with van der Waals surface area (Å²) in [6.07, 6.45) is 1.42. The topological polar surface area (TPSA) is 103 Å². The molecule has 21 heavy (non-hydrogen) atoms. The number of primary amides is 1. The van der Waals surface area contributed by atoms with Crippen LogP contribution >= 0.6 is 0 Å². The van der Waals surface area contributed by atoms with Crippen LogP contribution in [-0.2, 0) is 0 Å². The van der Waals surface area contributed by atoms with Gasteiger partial charge in [-0.2, -0.15) is 0 Å². The first kappa shape index (κ1) is 14.6. The van der Waals surface area contributed by atoms with Gasteiger partial charge in [-0.05, 0) is 30.7 Å². The van der Waals surface area contributed by atoms with Crippen molar-refractivity contribution >= 4 is 17.4 Å². The molecule has 1 heterocycles. The third kappa shape index (κ3) is 3.42. The van der Waals surface area contributed by atoms with Crippen molar-refractivity contribution < 1.29 is 9.53 Å². The van der Waals surface area contributed by atoms with E-state index in [4.69, 9.17) is 16.2 Å². The first-order valence-electron chi connectivity index (χ1n) is 6.47. The molecule has 1 aromatic heterocycles. The van der Waals surface area contributed by atoms with Crippen molar-refractivity contribution in [3.05, 3.63) is 47.7 Å². The maximum atomic E-state index is 11.3. The van der Waals surface area contributed by atoms with E-state index in [0.29, 0.717) is 5.82 Å². The maximum Gasteiger partial charge on any atom is 0.250 e. The molecule has 1 atom stereocenters. The number of hydrogen-bond donors (Lipinski definition) is 3. The molecule has 0 aliphatic carbocycles. The van der Waals surface area contributed by atoms with E-state index in [1.54, 1.807) is 13.2 Å². The molecule has 1 unspecified atom stereocenters. The second kappa shape index (κ2) is 6.13. The molecule has 0 radical (unpaired) electrons. The Hall–Kier alpha value is -2.76. The van der Waals surface area contributed by atoms with Crippen LogP contribution in [0.25, 0.3) is 0 Å². The molecule has 0 aliphatic rings. The molecule has 0 saturated heterocycles. The lowest BCUT2D eigenvalue weighted by atomic mass is 10.1. The summed E-state index contributed by atoms with van der Waals surface area (Å²) in [6.45, 7) is 1.99. The molecule has 1 amide bonds. The van der Waals surface area contributed by atoms with Crippen LogP contribution in [0.5, 0.6) is 5.75 Å². The van der Waals surface area contributed by atoms with Crippen molar-refractivity contribution in [1.29, 1.82) is 0 Å². The molecule has 2 rings (SSSR count). The zero-order chi connectivity index (χ0) is 15.4. The van der Waals surface area contributed by atoms with Gasteiger partial charge in [-0.1, -0.05) is 12.1 Å². The Morgan fingerprint density at radius 1 is 1.33 bits per heavy atom. The number of benzene rings is 1. The van der Waals surface area contributed by atoms with E-state index in [0.717, 1.165) is 11.3 Å². The highest BCUT2D eigenvalue weighted by atomic mass is 16.5. The summed E-state index contributed by atoms with van der Waals surface area (Å²) >= 11 is 0. The number of nitrogens with zero attached hydrogens (tertiary/aromatic N) is 1. The van der Waals surface area contributed by atoms with Gasteiger partial charge in [0, 0.05) is 6.04 Å². The van der Waals surface area contributed by atoms with Gasteiger partial charge in [0.25, 0.3) is 5.91 Å². The molecule has 0 aliphatic heterocycles. The normalized spacial score (nSPS) is 11.7. The molecule has 6 nitrogen and oxygen atoms in total. The van der Waals surface area contributed by atoms with Gasteiger partial charge in [-0.3, -0.25) is 4.79 Å². The molecule has 0 spiro atoms. The summed E-state index contributed by atoms with van der Waals surface area (Å²) in [7, 11) is 1.63. The number of amides is 1. The van der Waals surface area contributed by atoms with Gasteiger partial charge >= 0.3 is 0 Å². The predicted molar refractivity (Wildman–Crippen MR) is 82.2 cm³/mol. The van der Waals surface area contributed by atoms with Crippen LogP contribution < -0.4 is 21.5 Å². The largest absolute Gasteiger partial charge is 0.497 e. The average molecular weight is 286 g/mol. The minimum atomic E-state index is -0.574. The van der Waals surface area contributed by atoms with Gasteiger partial charge in [0.1, 0.15) is 11.6 Å². The molecule has 1 aromatic carbocycles. The highest BCUT2D eigenvalue weighted by Gasteiger charge is 2.10. The van der Waals surface area contributed by atoms with Crippen molar-refractivity contribution in [2.24, 2.45) is 5.73 Å². The van der Waals surface area contributed by atoms with Crippen LogP contribution in [0.4, 0.5) is 11.5 Å². The second-order valence-corrected chi connectivity index (χ2v) is 4.66. The number of nitrogen functional groups attached to an aromatic ring is 1. The first-order valence-corrected chi connectivity index (χ1v) is 6.47. The summed E-state index contributed by atoms with van der Waals surface area (Å²) in [5.74, 6) is 0.768. The predicted octanol–water partition coefficient (Wildman–Crippen LogP) is 1.94. The van der Waals surface area contributed by atoms with E-state index in [2.05, 4.69) is 10.3 Å². The molecule has 0 bridgehead atoms. The number of pyridine rings is 1. The van der Waals surface area contributed by atoms with E-state index in [1.807, 2.05) is 31.2 Å². The zero-order valence-electron chi connectivity index (χ0n) is 12.0. The van der Waals surface area contributed by atoms with Gasteiger partial charge < -0.3 is 21.5 Å². The lowest BCUT2D eigenvalue weighted by Crippen LogP contribution is -2.15. The third-order valence-electron chi connectivity index (χ3n) is 3.18. The first-order chi connectivity index (χ1) is 10.0. The number of ether oxygens (including phenoxy) is 1. The molecule has 6 heteroatoms. The fraction of sp³-hybridized carbons (Fsp3) is 0.200. The number of carbonyl (C=O) groups is 1. The molecular formula is C15H18N4O2. The maximum absolute atomic E-state index is 11.3. The number of nitrogens with one attached hydrogen (secondary N) is 1. The fourth-order valence-electron chi connectivity index (χ4n) is 1.96. The van der Waals surface area contributed by atoms with Crippen molar-refractivity contribution in [3.8, 4) is 5.75 Å². The number of methoxy groups -OCH3 is 1. The molecule has 2 aromatic rings. The SMILES string of the molecule is COc1ccc(C(C)Nc2cc(C(N)=O)c(N)cn2)cc1. The van der Waals surface area contributed by atoms with Gasteiger partial charge in [-0.15, -0.1) is 0 Å². The van der Waals surface area contributed by atoms with Crippen LogP contribution in [0.3, 0.4) is 0 Å². The number of anilines is 2. The standard InChI is InChI=1S/C15H18N4O2/c1-9(10-3-5-11(21-2)6-4-10)19-14-7-12(15(17)20)13(16)8-18-14/h3-9H,16H2,1-2H3,(H2,17,20)(H,18,19). The molecule has 110 valence electrons. The average Bonchev–Trinajstić information content (AvgIpc) is 2.49. The van der Waals surface area contributed by atoms with Crippen molar-refractivity contribution in [2.45, 2.75) is 13.0 Å².